The van der Waals surface area contributed by atoms with E-state index in [0.29, 0.717) is 39.6 Å². The number of rotatable bonds is 2. The Morgan fingerprint density at radius 1 is 0.606 bits per heavy atom. The van der Waals surface area contributed by atoms with Crippen LogP contribution in [0.25, 0.3) is 22.3 Å². The molecule has 0 radical (unpaired) electrons. The van der Waals surface area contributed by atoms with Crippen LogP contribution in [0.1, 0.15) is 22.3 Å². The highest BCUT2D eigenvalue weighted by Gasteiger charge is 2.17. The summed E-state index contributed by atoms with van der Waals surface area (Å²) < 4.78 is 29.2. The van der Waals surface area contributed by atoms with Gasteiger partial charge in [0, 0.05) is 22.3 Å². The molecular weight excluding hydrogens is 416 g/mol. The van der Waals surface area contributed by atoms with Crippen LogP contribution in [0.15, 0.2) is 48.5 Å². The van der Waals surface area contributed by atoms with E-state index in [2.05, 4.69) is 62.4 Å². The van der Waals surface area contributed by atoms with E-state index in [1.54, 1.807) is 14.2 Å². The number of ether oxygens (including phenoxy) is 5. The van der Waals surface area contributed by atoms with Crippen molar-refractivity contribution in [2.24, 2.45) is 0 Å². The van der Waals surface area contributed by atoms with Crippen LogP contribution in [0.4, 0.5) is 0 Å². The number of fused-ring (bicyclic) bond motifs is 8. The zero-order valence-electron chi connectivity index (χ0n) is 19.9. The quantitative estimate of drug-likeness (QED) is 0.502. The summed E-state index contributed by atoms with van der Waals surface area (Å²) in [6.45, 7) is 7.18. The average molecular weight is 449 g/mol. The van der Waals surface area contributed by atoms with Crippen molar-refractivity contribution in [1.29, 1.82) is 0 Å². The van der Waals surface area contributed by atoms with E-state index in [1.807, 2.05) is 0 Å². The predicted molar refractivity (Wildman–Crippen MR) is 130 cm³/mol. The van der Waals surface area contributed by atoms with Crippen LogP contribution in [-0.4, -0.2) is 40.6 Å². The summed E-state index contributed by atoms with van der Waals surface area (Å²) >= 11 is 0. The van der Waals surface area contributed by atoms with Crippen molar-refractivity contribution in [2.45, 2.75) is 27.1 Å². The van der Waals surface area contributed by atoms with Gasteiger partial charge >= 0.3 is 0 Å². The number of hydrogen-bond acceptors (Lipinski definition) is 5. The van der Waals surface area contributed by atoms with Crippen LogP contribution in [0.2, 0.25) is 0 Å². The normalized spacial score (nSPS) is 14.8. The predicted octanol–water partition coefficient (Wildman–Crippen LogP) is 5.72. The third-order valence-electron chi connectivity index (χ3n) is 5.77. The first-order valence-corrected chi connectivity index (χ1v) is 11.3. The summed E-state index contributed by atoms with van der Waals surface area (Å²) in [6.07, 6.45) is 0. The van der Waals surface area contributed by atoms with Gasteiger partial charge in [-0.15, -0.1) is 0 Å². The molecule has 6 bridgehead atoms. The molecule has 0 unspecified atom stereocenters. The minimum absolute atomic E-state index is 0.465. The Hall–Kier alpha value is -2.86. The van der Waals surface area contributed by atoms with Gasteiger partial charge in [-0.05, 0) is 54.3 Å². The summed E-state index contributed by atoms with van der Waals surface area (Å²) in [5, 5.41) is 0. The molecule has 0 atom stereocenters. The van der Waals surface area contributed by atoms with Crippen molar-refractivity contribution in [2.75, 3.05) is 40.6 Å². The maximum absolute atomic E-state index is 5.89. The van der Waals surface area contributed by atoms with E-state index >= 15 is 0 Å². The van der Waals surface area contributed by atoms with E-state index in [-0.39, 0.29) is 0 Å². The minimum Gasteiger partial charge on any atom is -0.496 e. The van der Waals surface area contributed by atoms with Crippen molar-refractivity contribution in [1.82, 2.24) is 0 Å². The van der Waals surface area contributed by atoms with Gasteiger partial charge in [-0.25, -0.2) is 0 Å². The van der Waals surface area contributed by atoms with Gasteiger partial charge in [0.1, 0.15) is 11.5 Å². The maximum Gasteiger partial charge on any atom is 0.132 e. The van der Waals surface area contributed by atoms with Crippen LogP contribution in [0, 0.1) is 13.8 Å². The van der Waals surface area contributed by atoms with Crippen LogP contribution in [-0.2, 0) is 27.4 Å². The summed E-state index contributed by atoms with van der Waals surface area (Å²) in [5.74, 6) is 1.68. The Kier molecular flexibility index (Phi) is 7.65. The molecule has 1 heterocycles. The maximum atomic E-state index is 5.89. The first-order chi connectivity index (χ1) is 16.1. The molecule has 1 aliphatic rings. The van der Waals surface area contributed by atoms with Crippen molar-refractivity contribution >= 4 is 0 Å². The SMILES string of the molecule is COc1c2cc(C)cc1-c1cccc(c1)-c1cc(C)cc(c1OC)COCCOCCOC2. The second-order valence-electron chi connectivity index (χ2n) is 8.31. The second kappa shape index (κ2) is 10.8. The smallest absolute Gasteiger partial charge is 0.132 e. The summed E-state index contributed by atoms with van der Waals surface area (Å²) in [5.41, 5.74) is 8.63. The summed E-state index contributed by atoms with van der Waals surface area (Å²) in [7, 11) is 3.43. The number of hydrogen-bond donors (Lipinski definition) is 0. The minimum atomic E-state index is 0.465. The highest BCUT2D eigenvalue weighted by molar-refractivity contribution is 5.80. The van der Waals surface area contributed by atoms with Gasteiger partial charge in [0.05, 0.1) is 53.9 Å². The van der Waals surface area contributed by atoms with Gasteiger partial charge in [-0.1, -0.05) is 30.3 Å². The van der Waals surface area contributed by atoms with E-state index in [9.17, 15) is 0 Å². The van der Waals surface area contributed by atoms with Gasteiger partial charge in [0.2, 0.25) is 0 Å². The molecule has 1 aliphatic heterocycles. The molecule has 0 amide bonds. The van der Waals surface area contributed by atoms with Crippen molar-refractivity contribution < 1.29 is 23.7 Å². The fourth-order valence-corrected chi connectivity index (χ4v) is 4.38. The van der Waals surface area contributed by atoms with Crippen molar-refractivity contribution in [3.63, 3.8) is 0 Å². The lowest BCUT2D eigenvalue weighted by molar-refractivity contribution is 0.00653. The fraction of sp³-hybridized carbons (Fsp3) is 0.357. The summed E-state index contributed by atoms with van der Waals surface area (Å²) in [6, 6.07) is 17.1. The monoisotopic (exact) mass is 448 g/mol. The molecule has 4 rings (SSSR count). The molecule has 0 spiro atoms. The molecule has 3 aromatic rings. The first kappa shape index (κ1) is 23.3. The molecule has 0 saturated carbocycles. The van der Waals surface area contributed by atoms with Crippen LogP contribution >= 0.6 is 0 Å². The van der Waals surface area contributed by atoms with Crippen molar-refractivity contribution in [3.05, 3.63) is 70.8 Å². The zero-order valence-corrected chi connectivity index (χ0v) is 19.9. The highest BCUT2D eigenvalue weighted by atomic mass is 16.5. The Labute approximate surface area is 196 Å². The number of aryl methyl sites for hydroxylation is 2. The molecule has 0 fully saturated rings. The van der Waals surface area contributed by atoms with Gasteiger partial charge in [-0.3, -0.25) is 0 Å². The molecule has 3 aromatic carbocycles. The van der Waals surface area contributed by atoms with E-state index in [0.717, 1.165) is 56.0 Å². The zero-order chi connectivity index (χ0) is 23.2. The van der Waals surface area contributed by atoms with Gasteiger partial charge in [0.15, 0.2) is 0 Å². The molecule has 5 heteroatoms. The number of benzene rings is 3. The Morgan fingerprint density at radius 3 is 1.52 bits per heavy atom. The lowest BCUT2D eigenvalue weighted by Gasteiger charge is -2.18. The lowest BCUT2D eigenvalue weighted by atomic mass is 9.93. The first-order valence-electron chi connectivity index (χ1n) is 11.3. The van der Waals surface area contributed by atoms with Gasteiger partial charge in [-0.2, -0.15) is 0 Å². The van der Waals surface area contributed by atoms with Crippen LogP contribution < -0.4 is 9.47 Å². The highest BCUT2D eigenvalue weighted by Crippen LogP contribution is 2.40. The third kappa shape index (κ3) is 5.38. The van der Waals surface area contributed by atoms with Gasteiger partial charge < -0.3 is 23.7 Å². The van der Waals surface area contributed by atoms with Crippen molar-refractivity contribution in [3.8, 4) is 33.8 Å². The molecule has 33 heavy (non-hydrogen) atoms. The molecular formula is C28H32O5. The largest absolute Gasteiger partial charge is 0.496 e. The van der Waals surface area contributed by atoms with Gasteiger partial charge in [0.25, 0.3) is 0 Å². The molecule has 0 aliphatic carbocycles. The van der Waals surface area contributed by atoms with E-state index in [1.165, 1.54) is 0 Å². The molecule has 0 saturated heterocycles. The molecule has 174 valence electrons. The van der Waals surface area contributed by atoms with Crippen LogP contribution in [0.3, 0.4) is 0 Å². The molecule has 0 aromatic heterocycles. The Morgan fingerprint density at radius 2 is 1.06 bits per heavy atom. The number of methoxy groups -OCH3 is 2. The molecule has 0 N–H and O–H groups in total. The second-order valence-corrected chi connectivity index (χ2v) is 8.31. The summed E-state index contributed by atoms with van der Waals surface area (Å²) in [4.78, 5) is 0. The Balaban J connectivity index is 1.87. The molecule has 5 nitrogen and oxygen atoms in total. The topological polar surface area (TPSA) is 46.2 Å². The van der Waals surface area contributed by atoms with E-state index in [4.69, 9.17) is 23.7 Å². The average Bonchev–Trinajstić information content (AvgIpc) is 2.81. The standard InChI is InChI=1S/C28H32O5/c1-19-12-23-17-32-10-8-31-9-11-33-18-24-13-20(2)15-26(28(24)30-4)22-7-5-6-21(16-22)25(14-19)27(23)29-3/h5-7,12-16H,8-11,17-18H2,1-4H3. The van der Waals surface area contributed by atoms with Crippen LogP contribution in [0.5, 0.6) is 11.5 Å². The fourth-order valence-electron chi connectivity index (χ4n) is 4.38. The third-order valence-corrected chi connectivity index (χ3v) is 5.77. The Bertz CT molecular complexity index is 1020. The lowest BCUT2D eigenvalue weighted by Crippen LogP contribution is -2.10. The van der Waals surface area contributed by atoms with E-state index < -0.39 is 0 Å².